The normalized spacial score (nSPS) is 10.9. The van der Waals surface area contributed by atoms with Crippen molar-refractivity contribution in [3.05, 3.63) is 84.9 Å². The Labute approximate surface area is 146 Å². The molecular formula is C22H17NS. The van der Waals surface area contributed by atoms with Crippen molar-refractivity contribution >= 4 is 22.7 Å². The largest absolute Gasteiger partial charge is 0.248 e. The van der Waals surface area contributed by atoms with Crippen molar-refractivity contribution in [2.45, 2.75) is 4.90 Å². The number of pyridine rings is 1. The Balaban J connectivity index is 2.02. The summed E-state index contributed by atoms with van der Waals surface area (Å²) in [5.74, 6) is 0. The van der Waals surface area contributed by atoms with Crippen LogP contribution in [0.5, 0.6) is 0 Å². The third kappa shape index (κ3) is 2.81. The summed E-state index contributed by atoms with van der Waals surface area (Å²) in [5.41, 5.74) is 5.65. The first-order valence-corrected chi connectivity index (χ1v) is 9.17. The molecule has 0 aliphatic carbocycles. The van der Waals surface area contributed by atoms with Crippen molar-refractivity contribution in [2.75, 3.05) is 6.26 Å². The van der Waals surface area contributed by atoms with Gasteiger partial charge in [0.05, 0.1) is 11.2 Å². The fraction of sp³-hybridized carbons (Fsp3) is 0.0455. The lowest BCUT2D eigenvalue weighted by Gasteiger charge is -2.11. The number of hydrogen-bond acceptors (Lipinski definition) is 2. The van der Waals surface area contributed by atoms with Gasteiger partial charge in [-0.2, -0.15) is 0 Å². The summed E-state index contributed by atoms with van der Waals surface area (Å²) in [5, 5.41) is 1.20. The van der Waals surface area contributed by atoms with Gasteiger partial charge in [0, 0.05) is 15.8 Å². The number of rotatable bonds is 3. The van der Waals surface area contributed by atoms with E-state index >= 15 is 0 Å². The van der Waals surface area contributed by atoms with Crippen molar-refractivity contribution in [1.29, 1.82) is 0 Å². The smallest absolute Gasteiger partial charge is 0.0716 e. The molecule has 0 bridgehead atoms. The van der Waals surface area contributed by atoms with Gasteiger partial charge < -0.3 is 0 Å². The second-order valence-corrected chi connectivity index (χ2v) is 6.55. The van der Waals surface area contributed by atoms with Crippen LogP contribution in [0.15, 0.2) is 89.8 Å². The highest BCUT2D eigenvalue weighted by Crippen LogP contribution is 2.33. The highest BCUT2D eigenvalue weighted by molar-refractivity contribution is 7.98. The molecule has 0 saturated heterocycles. The number of fused-ring (bicyclic) bond motifs is 1. The monoisotopic (exact) mass is 327 g/mol. The highest BCUT2D eigenvalue weighted by Gasteiger charge is 2.10. The second-order valence-electron chi connectivity index (χ2n) is 5.67. The molecule has 0 atom stereocenters. The Morgan fingerprint density at radius 1 is 0.708 bits per heavy atom. The lowest BCUT2D eigenvalue weighted by molar-refractivity contribution is 1.38. The Morgan fingerprint density at radius 2 is 1.38 bits per heavy atom. The molecule has 0 amide bonds. The van der Waals surface area contributed by atoms with Crippen LogP contribution in [0.4, 0.5) is 0 Å². The zero-order valence-electron chi connectivity index (χ0n) is 13.4. The van der Waals surface area contributed by atoms with E-state index in [4.69, 9.17) is 4.98 Å². The summed E-state index contributed by atoms with van der Waals surface area (Å²) in [6.07, 6.45) is 2.11. The van der Waals surface area contributed by atoms with Gasteiger partial charge in [0.1, 0.15) is 0 Å². The van der Waals surface area contributed by atoms with E-state index in [0.29, 0.717) is 0 Å². The maximum absolute atomic E-state index is 4.90. The first-order valence-electron chi connectivity index (χ1n) is 7.95. The highest BCUT2D eigenvalue weighted by atomic mass is 32.2. The van der Waals surface area contributed by atoms with Gasteiger partial charge in [0.25, 0.3) is 0 Å². The Kier molecular flexibility index (Phi) is 4.06. The van der Waals surface area contributed by atoms with Gasteiger partial charge in [-0.15, -0.1) is 11.8 Å². The molecule has 0 fully saturated rings. The molecule has 1 heterocycles. The average molecular weight is 327 g/mol. The molecule has 1 aromatic heterocycles. The first-order chi connectivity index (χ1) is 11.8. The third-order valence-electron chi connectivity index (χ3n) is 4.17. The maximum Gasteiger partial charge on any atom is 0.0716 e. The van der Waals surface area contributed by atoms with Gasteiger partial charge in [-0.25, -0.2) is 4.98 Å². The maximum atomic E-state index is 4.90. The molecule has 1 nitrogen and oxygen atoms in total. The summed E-state index contributed by atoms with van der Waals surface area (Å²) in [7, 11) is 0. The van der Waals surface area contributed by atoms with E-state index in [9.17, 15) is 0 Å². The van der Waals surface area contributed by atoms with Crippen molar-refractivity contribution in [1.82, 2.24) is 4.98 Å². The van der Waals surface area contributed by atoms with Crippen LogP contribution in [0.3, 0.4) is 0 Å². The molecule has 2 heteroatoms. The minimum atomic E-state index is 1.01. The van der Waals surface area contributed by atoms with Crippen molar-refractivity contribution < 1.29 is 0 Å². The van der Waals surface area contributed by atoms with Crippen LogP contribution in [0.25, 0.3) is 33.3 Å². The van der Waals surface area contributed by atoms with Crippen LogP contribution in [-0.2, 0) is 0 Å². The first kappa shape index (κ1) is 15.0. The predicted octanol–water partition coefficient (Wildman–Crippen LogP) is 6.29. The lowest BCUT2D eigenvalue weighted by atomic mass is 9.98. The predicted molar refractivity (Wildman–Crippen MR) is 104 cm³/mol. The van der Waals surface area contributed by atoms with Crippen LogP contribution >= 0.6 is 11.8 Å². The van der Waals surface area contributed by atoms with Crippen LogP contribution < -0.4 is 0 Å². The quantitative estimate of drug-likeness (QED) is 0.410. The molecule has 0 aliphatic heterocycles. The Morgan fingerprint density at radius 3 is 2.04 bits per heavy atom. The average Bonchev–Trinajstić information content (AvgIpc) is 2.68. The summed E-state index contributed by atoms with van der Waals surface area (Å²) in [6.45, 7) is 0. The van der Waals surface area contributed by atoms with Crippen molar-refractivity contribution in [3.8, 4) is 22.4 Å². The zero-order valence-corrected chi connectivity index (χ0v) is 14.3. The molecule has 0 N–H and O–H groups in total. The third-order valence-corrected chi connectivity index (χ3v) is 4.90. The summed E-state index contributed by atoms with van der Waals surface area (Å²) < 4.78 is 0. The fourth-order valence-corrected chi connectivity index (χ4v) is 3.39. The molecule has 0 spiro atoms. The molecule has 0 unspecified atom stereocenters. The van der Waals surface area contributed by atoms with E-state index in [1.807, 2.05) is 6.07 Å². The number of benzene rings is 3. The van der Waals surface area contributed by atoms with Gasteiger partial charge in [-0.05, 0) is 41.6 Å². The standard InChI is InChI=1S/C22H17NS/c1-24-18-12-13-21-20(14-18)19(16-8-4-2-5-9-16)15-22(23-21)17-10-6-3-7-11-17/h2-15H,1H3. The number of aromatic nitrogens is 1. The molecule has 116 valence electrons. The van der Waals surface area contributed by atoms with Gasteiger partial charge in [-0.1, -0.05) is 60.7 Å². The topological polar surface area (TPSA) is 12.9 Å². The molecule has 24 heavy (non-hydrogen) atoms. The summed E-state index contributed by atoms with van der Waals surface area (Å²) in [6, 6.07) is 29.6. The zero-order chi connectivity index (χ0) is 16.4. The number of nitrogens with zero attached hydrogens (tertiary/aromatic N) is 1. The van der Waals surface area contributed by atoms with E-state index in [2.05, 4.69) is 85.1 Å². The molecule has 4 aromatic rings. The van der Waals surface area contributed by atoms with E-state index in [0.717, 1.165) is 16.8 Å². The minimum Gasteiger partial charge on any atom is -0.248 e. The molecule has 4 rings (SSSR count). The molecule has 0 aliphatic rings. The summed E-state index contributed by atoms with van der Waals surface area (Å²) >= 11 is 1.76. The SMILES string of the molecule is CSc1ccc2nc(-c3ccccc3)cc(-c3ccccc3)c2c1. The lowest BCUT2D eigenvalue weighted by Crippen LogP contribution is -1.90. The Hall–Kier alpha value is -2.58. The van der Waals surface area contributed by atoms with Crippen LogP contribution in [0.2, 0.25) is 0 Å². The van der Waals surface area contributed by atoms with Gasteiger partial charge in [-0.3, -0.25) is 0 Å². The second kappa shape index (κ2) is 6.50. The van der Waals surface area contributed by atoms with Crippen LogP contribution in [0, 0.1) is 0 Å². The minimum absolute atomic E-state index is 1.01. The van der Waals surface area contributed by atoms with E-state index < -0.39 is 0 Å². The van der Waals surface area contributed by atoms with Crippen molar-refractivity contribution in [2.24, 2.45) is 0 Å². The van der Waals surface area contributed by atoms with Crippen LogP contribution in [0.1, 0.15) is 0 Å². The summed E-state index contributed by atoms with van der Waals surface area (Å²) in [4.78, 5) is 6.16. The fourth-order valence-electron chi connectivity index (χ4n) is 2.95. The van der Waals surface area contributed by atoms with E-state index in [1.165, 1.54) is 21.4 Å². The van der Waals surface area contributed by atoms with Gasteiger partial charge >= 0.3 is 0 Å². The Bertz CT molecular complexity index is 979. The molecule has 0 saturated carbocycles. The van der Waals surface area contributed by atoms with Gasteiger partial charge in [0.2, 0.25) is 0 Å². The van der Waals surface area contributed by atoms with E-state index in [1.54, 1.807) is 11.8 Å². The van der Waals surface area contributed by atoms with Gasteiger partial charge in [0.15, 0.2) is 0 Å². The van der Waals surface area contributed by atoms with Crippen molar-refractivity contribution in [3.63, 3.8) is 0 Å². The number of hydrogen-bond donors (Lipinski definition) is 0. The van der Waals surface area contributed by atoms with E-state index in [-0.39, 0.29) is 0 Å². The molecule has 3 aromatic carbocycles. The van der Waals surface area contributed by atoms with Crippen LogP contribution in [-0.4, -0.2) is 11.2 Å². The number of thioether (sulfide) groups is 1. The molecular weight excluding hydrogens is 310 g/mol. The molecule has 0 radical (unpaired) electrons.